The Bertz CT molecular complexity index is 3800. The topological polar surface area (TPSA) is 30.1 Å². The number of anilines is 3. The molecule has 1 N–H and O–H groups in total. The van der Waals surface area contributed by atoms with Crippen LogP contribution in [0.4, 0.5) is 17.2 Å². The molecule has 0 saturated carbocycles. The van der Waals surface area contributed by atoms with Crippen molar-refractivity contribution >= 4 is 71.7 Å². The van der Waals surface area contributed by atoms with E-state index in [1.807, 2.05) is 0 Å². The van der Waals surface area contributed by atoms with Gasteiger partial charge in [-0.1, -0.05) is 121 Å². The standard InChI is InChI=1S/C57H37N5/c1-3-15-38(16-4-1)59-49-24-12-9-19-41(49)45-33-36(27-30-51(45)59)37-28-31-52-46(34-37)42-20-10-13-25-50(42)60(52)40-29-32-53-47(35-40)55-43-21-7-8-22-44(43)56-58-48-23-11-14-26-54(48)62(56)57(55)61(53)39-17-5-2-6-18-39/h1-35,56,58H. The Labute approximate surface area is 357 Å². The lowest BCUT2D eigenvalue weighted by Crippen LogP contribution is -2.29. The minimum Gasteiger partial charge on any atom is -0.359 e. The van der Waals surface area contributed by atoms with Gasteiger partial charge >= 0.3 is 0 Å². The molecule has 0 bridgehead atoms. The van der Waals surface area contributed by atoms with Crippen molar-refractivity contribution in [1.82, 2.24) is 13.7 Å². The Morgan fingerprint density at radius 1 is 0.355 bits per heavy atom. The maximum absolute atomic E-state index is 3.88. The van der Waals surface area contributed by atoms with E-state index in [0.29, 0.717) is 0 Å². The first kappa shape index (κ1) is 33.5. The van der Waals surface area contributed by atoms with Crippen molar-refractivity contribution in [3.05, 3.63) is 218 Å². The average Bonchev–Trinajstić information content (AvgIpc) is 4.08. The molecule has 0 spiro atoms. The van der Waals surface area contributed by atoms with Gasteiger partial charge in [-0.25, -0.2) is 0 Å². The lowest BCUT2D eigenvalue weighted by molar-refractivity contribution is 0.797. The number of hydrogen-bond acceptors (Lipinski definition) is 2. The molecule has 290 valence electrons. The van der Waals surface area contributed by atoms with E-state index < -0.39 is 0 Å². The largest absolute Gasteiger partial charge is 0.359 e. The van der Waals surface area contributed by atoms with Crippen LogP contribution in [0.2, 0.25) is 0 Å². The molecule has 0 aliphatic carbocycles. The molecule has 9 aromatic carbocycles. The van der Waals surface area contributed by atoms with Gasteiger partial charge in [0.1, 0.15) is 12.0 Å². The van der Waals surface area contributed by atoms with Crippen LogP contribution < -0.4 is 10.2 Å². The number of nitrogens with zero attached hydrogens (tertiary/aromatic N) is 4. The summed E-state index contributed by atoms with van der Waals surface area (Å²) >= 11 is 0. The van der Waals surface area contributed by atoms with Crippen molar-refractivity contribution in [2.75, 3.05) is 10.2 Å². The Morgan fingerprint density at radius 2 is 0.871 bits per heavy atom. The van der Waals surface area contributed by atoms with Crippen LogP contribution in [0.1, 0.15) is 11.7 Å². The minimum absolute atomic E-state index is 0.0166. The SMILES string of the molecule is c1ccc(-n2c3c(c4cc(-n5c6ccccc6c6cc(-c7ccc8c(c7)c7ccccc7n8-c7ccccc7)ccc65)ccc42)-c2ccccc2C2Nc4ccccc4N32)cc1. The summed E-state index contributed by atoms with van der Waals surface area (Å²) in [7, 11) is 0. The van der Waals surface area contributed by atoms with E-state index in [0.717, 1.165) is 17.1 Å². The molecule has 3 aromatic heterocycles. The highest BCUT2D eigenvalue weighted by atomic mass is 15.4. The number of fused-ring (bicyclic) bond motifs is 16. The number of rotatable bonds is 4. The van der Waals surface area contributed by atoms with Crippen molar-refractivity contribution in [2.24, 2.45) is 0 Å². The molecule has 2 aliphatic rings. The first-order valence-corrected chi connectivity index (χ1v) is 21.4. The third-order valence-electron chi connectivity index (χ3n) is 13.4. The second-order valence-corrected chi connectivity index (χ2v) is 16.6. The fourth-order valence-corrected chi connectivity index (χ4v) is 10.7. The van der Waals surface area contributed by atoms with Gasteiger partial charge in [0.25, 0.3) is 0 Å². The van der Waals surface area contributed by atoms with Crippen LogP contribution in [0.5, 0.6) is 0 Å². The first-order chi connectivity index (χ1) is 30.8. The highest BCUT2D eigenvalue weighted by Gasteiger charge is 2.41. The van der Waals surface area contributed by atoms with Gasteiger partial charge in [0.05, 0.1) is 39.0 Å². The molecule has 5 heteroatoms. The summed E-state index contributed by atoms with van der Waals surface area (Å²) in [4.78, 5) is 2.51. The van der Waals surface area contributed by atoms with Crippen LogP contribution in [-0.4, -0.2) is 13.7 Å². The highest BCUT2D eigenvalue weighted by Crippen LogP contribution is 2.57. The van der Waals surface area contributed by atoms with Gasteiger partial charge < -0.3 is 14.5 Å². The molecule has 5 nitrogen and oxygen atoms in total. The van der Waals surface area contributed by atoms with Crippen LogP contribution in [0.3, 0.4) is 0 Å². The molecule has 0 radical (unpaired) electrons. The molecule has 0 fully saturated rings. The van der Waals surface area contributed by atoms with E-state index in [1.165, 1.54) is 99.5 Å². The van der Waals surface area contributed by atoms with Crippen LogP contribution in [0.25, 0.3) is 93.8 Å². The summed E-state index contributed by atoms with van der Waals surface area (Å²) in [6.07, 6.45) is -0.0166. The van der Waals surface area contributed by atoms with Crippen LogP contribution >= 0.6 is 0 Å². The second-order valence-electron chi connectivity index (χ2n) is 16.6. The zero-order valence-corrected chi connectivity index (χ0v) is 33.6. The fraction of sp³-hybridized carbons (Fsp3) is 0.0175. The van der Waals surface area contributed by atoms with E-state index in [2.05, 4.69) is 236 Å². The number of benzene rings is 9. The zero-order valence-electron chi connectivity index (χ0n) is 33.6. The Morgan fingerprint density at radius 3 is 1.56 bits per heavy atom. The molecule has 5 heterocycles. The number of para-hydroxylation sites is 6. The van der Waals surface area contributed by atoms with Crippen molar-refractivity contribution in [1.29, 1.82) is 0 Å². The lowest BCUT2D eigenvalue weighted by Gasteiger charge is -2.35. The zero-order chi connectivity index (χ0) is 40.5. The monoisotopic (exact) mass is 791 g/mol. The summed E-state index contributed by atoms with van der Waals surface area (Å²) < 4.78 is 7.31. The molecule has 12 aromatic rings. The van der Waals surface area contributed by atoms with E-state index >= 15 is 0 Å². The minimum atomic E-state index is -0.0166. The summed E-state index contributed by atoms with van der Waals surface area (Å²) in [5, 5.41) is 10.1. The van der Waals surface area contributed by atoms with Crippen molar-refractivity contribution in [2.45, 2.75) is 6.17 Å². The van der Waals surface area contributed by atoms with Crippen LogP contribution in [0.15, 0.2) is 212 Å². The molecule has 0 saturated heterocycles. The normalized spacial score (nSPS) is 14.1. The van der Waals surface area contributed by atoms with Crippen molar-refractivity contribution in [3.8, 4) is 39.3 Å². The van der Waals surface area contributed by atoms with E-state index in [9.17, 15) is 0 Å². The predicted octanol–water partition coefficient (Wildman–Crippen LogP) is 14.7. The van der Waals surface area contributed by atoms with Gasteiger partial charge in [0, 0.05) is 55.1 Å². The third-order valence-corrected chi connectivity index (χ3v) is 13.4. The molecule has 1 atom stereocenters. The van der Waals surface area contributed by atoms with Gasteiger partial charge in [0.15, 0.2) is 0 Å². The van der Waals surface area contributed by atoms with Crippen molar-refractivity contribution < 1.29 is 0 Å². The quantitative estimate of drug-likeness (QED) is 0.192. The molecular formula is C57H37N5. The van der Waals surface area contributed by atoms with Gasteiger partial charge in [0.2, 0.25) is 0 Å². The Hall–Kier alpha value is -8.28. The number of hydrogen-bond donors (Lipinski definition) is 1. The maximum Gasteiger partial charge on any atom is 0.132 e. The first-order valence-electron chi connectivity index (χ1n) is 21.4. The fourth-order valence-electron chi connectivity index (χ4n) is 10.7. The van der Waals surface area contributed by atoms with Gasteiger partial charge in [-0.05, 0) is 108 Å². The van der Waals surface area contributed by atoms with Gasteiger partial charge in [-0.3, -0.25) is 9.47 Å². The number of nitrogens with one attached hydrogen (secondary N) is 1. The van der Waals surface area contributed by atoms with Gasteiger partial charge in [-0.2, -0.15) is 0 Å². The molecular weight excluding hydrogens is 755 g/mol. The Kier molecular flexibility index (Phi) is 6.83. The van der Waals surface area contributed by atoms with E-state index in [1.54, 1.807) is 0 Å². The number of aromatic nitrogens is 3. The second kappa shape index (κ2) is 12.6. The molecule has 62 heavy (non-hydrogen) atoms. The third kappa shape index (κ3) is 4.57. The Balaban J connectivity index is 0.982. The highest BCUT2D eigenvalue weighted by molar-refractivity contribution is 6.14. The molecule has 0 amide bonds. The van der Waals surface area contributed by atoms with E-state index in [-0.39, 0.29) is 6.17 Å². The van der Waals surface area contributed by atoms with E-state index in [4.69, 9.17) is 0 Å². The van der Waals surface area contributed by atoms with Crippen LogP contribution in [0, 0.1) is 0 Å². The smallest absolute Gasteiger partial charge is 0.132 e. The van der Waals surface area contributed by atoms with Gasteiger partial charge in [-0.15, -0.1) is 0 Å². The molecule has 2 aliphatic heterocycles. The summed E-state index contributed by atoms with van der Waals surface area (Å²) in [6, 6.07) is 77.8. The maximum atomic E-state index is 3.88. The summed E-state index contributed by atoms with van der Waals surface area (Å²) in [5.74, 6) is 1.18. The predicted molar refractivity (Wildman–Crippen MR) is 258 cm³/mol. The lowest BCUT2D eigenvalue weighted by atomic mass is 9.92. The van der Waals surface area contributed by atoms with Crippen LogP contribution in [-0.2, 0) is 0 Å². The van der Waals surface area contributed by atoms with Crippen molar-refractivity contribution in [3.63, 3.8) is 0 Å². The summed E-state index contributed by atoms with van der Waals surface area (Å²) in [6.45, 7) is 0. The molecule has 14 rings (SSSR count). The molecule has 1 unspecified atom stereocenters. The summed E-state index contributed by atoms with van der Waals surface area (Å²) in [5.41, 5.74) is 18.0. The average molecular weight is 792 g/mol.